The van der Waals surface area contributed by atoms with Gasteiger partial charge in [0.05, 0.1) is 0 Å². The van der Waals surface area contributed by atoms with E-state index in [0.717, 1.165) is 16.3 Å². The lowest BCUT2D eigenvalue weighted by atomic mass is 10.0. The summed E-state index contributed by atoms with van der Waals surface area (Å²) >= 11 is 0. The zero-order chi connectivity index (χ0) is 13.1. The van der Waals surface area contributed by atoms with E-state index in [-0.39, 0.29) is 0 Å². The summed E-state index contributed by atoms with van der Waals surface area (Å²) in [4.78, 5) is 4.39. The molecule has 0 bridgehead atoms. The molecule has 0 saturated carbocycles. The fraction of sp³-hybridized carbons (Fsp3) is 0.125. The topological polar surface area (TPSA) is 38.9 Å². The Kier molecular flexibility index (Phi) is 2.99. The fourth-order valence-corrected chi connectivity index (χ4v) is 2.07. The molecule has 0 aliphatic rings. The molecule has 1 aromatic heterocycles. The molecule has 1 heterocycles. The van der Waals surface area contributed by atoms with Crippen LogP contribution in [0, 0.1) is 12.3 Å². The van der Waals surface area contributed by atoms with E-state index < -0.39 is 0 Å². The van der Waals surface area contributed by atoms with Crippen molar-refractivity contribution in [2.75, 3.05) is 0 Å². The number of hydrogen-bond donors (Lipinski definition) is 0. The number of nitrogens with zero attached hydrogens (tertiary/aromatic N) is 2. The average molecular weight is 248 g/mol. The average Bonchev–Trinajstić information content (AvgIpc) is 2.93. The second-order valence-electron chi connectivity index (χ2n) is 4.24. The van der Waals surface area contributed by atoms with Crippen LogP contribution in [0.2, 0.25) is 0 Å². The normalized spacial score (nSPS) is 10.5. The Morgan fingerprint density at radius 3 is 2.84 bits per heavy atom. The fourth-order valence-electron chi connectivity index (χ4n) is 2.07. The van der Waals surface area contributed by atoms with E-state index in [9.17, 15) is 0 Å². The third kappa shape index (κ3) is 2.21. The van der Waals surface area contributed by atoms with Crippen molar-refractivity contribution < 1.29 is 4.52 Å². The van der Waals surface area contributed by atoms with Crippen molar-refractivity contribution in [1.82, 2.24) is 10.1 Å². The van der Waals surface area contributed by atoms with Gasteiger partial charge >= 0.3 is 0 Å². The lowest BCUT2D eigenvalue weighted by Gasteiger charge is -2.01. The SMILES string of the molecule is C#CCCc1nc(-c2cccc3ccccc23)no1. The summed E-state index contributed by atoms with van der Waals surface area (Å²) in [5, 5.41) is 6.32. The van der Waals surface area contributed by atoms with E-state index >= 15 is 0 Å². The molecule has 0 aliphatic heterocycles. The van der Waals surface area contributed by atoms with Gasteiger partial charge in [0.2, 0.25) is 11.7 Å². The minimum absolute atomic E-state index is 0.584. The minimum atomic E-state index is 0.584. The highest BCUT2D eigenvalue weighted by molar-refractivity contribution is 5.94. The van der Waals surface area contributed by atoms with Crippen molar-refractivity contribution in [3.63, 3.8) is 0 Å². The van der Waals surface area contributed by atoms with Crippen molar-refractivity contribution in [2.24, 2.45) is 0 Å². The van der Waals surface area contributed by atoms with Crippen molar-refractivity contribution in [2.45, 2.75) is 12.8 Å². The van der Waals surface area contributed by atoms with Gasteiger partial charge in [0.1, 0.15) is 0 Å². The predicted molar refractivity (Wildman–Crippen MR) is 74.4 cm³/mol. The maximum atomic E-state index is 5.23. The Morgan fingerprint density at radius 1 is 1.11 bits per heavy atom. The number of aryl methyl sites for hydroxylation is 1. The molecular formula is C16H12N2O. The largest absolute Gasteiger partial charge is 0.339 e. The first-order chi connectivity index (χ1) is 9.38. The van der Waals surface area contributed by atoms with Gasteiger partial charge in [-0.15, -0.1) is 12.3 Å². The molecule has 3 rings (SSSR count). The van der Waals surface area contributed by atoms with Gasteiger partial charge < -0.3 is 4.52 Å². The highest BCUT2D eigenvalue weighted by atomic mass is 16.5. The Labute approximate surface area is 111 Å². The van der Waals surface area contributed by atoms with Crippen molar-refractivity contribution >= 4 is 10.8 Å². The molecule has 0 saturated heterocycles. The zero-order valence-electron chi connectivity index (χ0n) is 10.3. The number of fused-ring (bicyclic) bond motifs is 1. The first-order valence-electron chi connectivity index (χ1n) is 6.12. The Balaban J connectivity index is 2.05. The highest BCUT2D eigenvalue weighted by Gasteiger charge is 2.10. The summed E-state index contributed by atoms with van der Waals surface area (Å²) < 4.78 is 5.21. The second kappa shape index (κ2) is 4.95. The summed E-state index contributed by atoms with van der Waals surface area (Å²) in [7, 11) is 0. The number of aromatic nitrogens is 2. The molecule has 0 radical (unpaired) electrons. The standard InChI is InChI=1S/C16H12N2O/c1-2-3-11-15-17-16(18-19-15)14-10-6-8-12-7-4-5-9-13(12)14/h1,4-10H,3,11H2. The molecule has 3 aromatic rings. The van der Waals surface area contributed by atoms with E-state index in [4.69, 9.17) is 10.9 Å². The van der Waals surface area contributed by atoms with E-state index in [1.165, 1.54) is 0 Å². The molecule has 0 unspecified atom stereocenters. The Hall–Kier alpha value is -2.60. The summed E-state index contributed by atoms with van der Waals surface area (Å²) in [5.74, 6) is 3.77. The molecule has 2 aromatic carbocycles. The van der Waals surface area contributed by atoms with Crippen molar-refractivity contribution in [3.8, 4) is 23.7 Å². The highest BCUT2D eigenvalue weighted by Crippen LogP contribution is 2.26. The molecule has 0 atom stereocenters. The lowest BCUT2D eigenvalue weighted by molar-refractivity contribution is 0.380. The second-order valence-corrected chi connectivity index (χ2v) is 4.24. The van der Waals surface area contributed by atoms with Gasteiger partial charge in [-0.1, -0.05) is 47.6 Å². The first kappa shape index (κ1) is 11.5. The van der Waals surface area contributed by atoms with Gasteiger partial charge in [0.15, 0.2) is 0 Å². The summed E-state index contributed by atoms with van der Waals surface area (Å²) in [5.41, 5.74) is 0.980. The molecule has 0 fully saturated rings. The molecule has 92 valence electrons. The van der Waals surface area contributed by atoms with Crippen LogP contribution in [0.3, 0.4) is 0 Å². The van der Waals surface area contributed by atoms with Crippen LogP contribution in [0.1, 0.15) is 12.3 Å². The van der Waals surface area contributed by atoms with Crippen LogP contribution in [0.15, 0.2) is 47.0 Å². The third-order valence-electron chi connectivity index (χ3n) is 2.98. The molecule has 0 spiro atoms. The smallest absolute Gasteiger partial charge is 0.227 e. The summed E-state index contributed by atoms with van der Waals surface area (Å²) in [6.07, 6.45) is 6.46. The summed E-state index contributed by atoms with van der Waals surface area (Å²) in [6.45, 7) is 0. The maximum Gasteiger partial charge on any atom is 0.227 e. The lowest BCUT2D eigenvalue weighted by Crippen LogP contribution is -1.85. The van der Waals surface area contributed by atoms with Gasteiger partial charge in [-0.05, 0) is 10.8 Å². The van der Waals surface area contributed by atoms with E-state index in [1.807, 2.05) is 24.3 Å². The molecule has 0 amide bonds. The number of hydrogen-bond acceptors (Lipinski definition) is 3. The van der Waals surface area contributed by atoms with E-state index in [2.05, 4.69) is 34.3 Å². The number of rotatable bonds is 3. The quantitative estimate of drug-likeness (QED) is 0.666. The van der Waals surface area contributed by atoms with Crippen LogP contribution in [-0.4, -0.2) is 10.1 Å². The molecular weight excluding hydrogens is 236 g/mol. The van der Waals surface area contributed by atoms with Gasteiger partial charge in [-0.3, -0.25) is 0 Å². The Bertz CT molecular complexity index is 747. The van der Waals surface area contributed by atoms with Gasteiger partial charge in [0.25, 0.3) is 0 Å². The van der Waals surface area contributed by atoms with Crippen LogP contribution in [0.4, 0.5) is 0 Å². The van der Waals surface area contributed by atoms with E-state index in [1.54, 1.807) is 0 Å². The van der Waals surface area contributed by atoms with Gasteiger partial charge in [-0.25, -0.2) is 0 Å². The third-order valence-corrected chi connectivity index (χ3v) is 2.98. The summed E-state index contributed by atoms with van der Waals surface area (Å²) in [6, 6.07) is 14.2. The van der Waals surface area contributed by atoms with Crippen molar-refractivity contribution in [1.29, 1.82) is 0 Å². The first-order valence-corrected chi connectivity index (χ1v) is 6.12. The van der Waals surface area contributed by atoms with Gasteiger partial charge in [-0.2, -0.15) is 4.98 Å². The molecule has 19 heavy (non-hydrogen) atoms. The molecule has 0 aliphatic carbocycles. The number of terminal acetylenes is 1. The molecule has 3 nitrogen and oxygen atoms in total. The predicted octanol–water partition coefficient (Wildman–Crippen LogP) is 3.46. The number of benzene rings is 2. The maximum absolute atomic E-state index is 5.23. The van der Waals surface area contributed by atoms with Crippen molar-refractivity contribution in [3.05, 3.63) is 48.4 Å². The molecule has 3 heteroatoms. The van der Waals surface area contributed by atoms with Gasteiger partial charge in [0, 0.05) is 18.4 Å². The van der Waals surface area contributed by atoms with Crippen LogP contribution in [0.25, 0.3) is 22.2 Å². The monoisotopic (exact) mass is 248 g/mol. The van der Waals surface area contributed by atoms with E-state index in [0.29, 0.717) is 24.6 Å². The van der Waals surface area contributed by atoms with Crippen LogP contribution < -0.4 is 0 Å². The minimum Gasteiger partial charge on any atom is -0.339 e. The van der Waals surface area contributed by atoms with Crippen LogP contribution >= 0.6 is 0 Å². The Morgan fingerprint density at radius 2 is 1.95 bits per heavy atom. The zero-order valence-corrected chi connectivity index (χ0v) is 10.3. The molecule has 0 N–H and O–H groups in total. The van der Waals surface area contributed by atoms with Crippen LogP contribution in [-0.2, 0) is 6.42 Å². The van der Waals surface area contributed by atoms with Crippen LogP contribution in [0.5, 0.6) is 0 Å².